The summed E-state index contributed by atoms with van der Waals surface area (Å²) in [6.07, 6.45) is -3.11. The van der Waals surface area contributed by atoms with E-state index in [0.717, 1.165) is 0 Å². The number of rotatable bonds is 6. The van der Waals surface area contributed by atoms with Crippen LogP contribution in [-0.2, 0) is 0 Å². The lowest BCUT2D eigenvalue weighted by Gasteiger charge is -2.52. The summed E-state index contributed by atoms with van der Waals surface area (Å²) in [4.78, 5) is 1.58. The van der Waals surface area contributed by atoms with E-state index in [-0.39, 0.29) is 12.8 Å². The smallest absolute Gasteiger partial charge is 0.309 e. The Kier molecular flexibility index (Phi) is 5.44. The molecular weight excluding hydrogens is 379 g/mol. The average Bonchev–Trinajstić information content (AvgIpc) is 2.44. The third kappa shape index (κ3) is 2.69. The maximum absolute atomic E-state index is 14.2. The Morgan fingerprint density at radius 2 is 0.880 bits per heavy atom. The van der Waals surface area contributed by atoms with E-state index in [1.165, 1.54) is 0 Å². The van der Waals surface area contributed by atoms with Gasteiger partial charge < -0.3 is 4.90 Å². The molecule has 1 fully saturated rings. The van der Waals surface area contributed by atoms with E-state index in [4.69, 9.17) is 0 Å². The molecule has 0 amide bonds. The normalized spacial score (nSPS) is 28.1. The fraction of sp³-hybridized carbons (Fsp3) is 1.00. The minimum atomic E-state index is -7.13. The summed E-state index contributed by atoms with van der Waals surface area (Å²) < 4.78 is 147. The molecule has 0 N–H and O–H groups in total. The van der Waals surface area contributed by atoms with Gasteiger partial charge in [-0.1, -0.05) is 6.42 Å². The summed E-state index contributed by atoms with van der Waals surface area (Å²) in [6.45, 7) is 0.302. The summed E-state index contributed by atoms with van der Waals surface area (Å²) in [5, 5.41) is 0. The standard InChI is InChI=1S/C13H16F11N/c1-25(2)7-5-3-4-6-8(14)9(15,16)11(19,20)13(23,24)12(21,22)10(8,17)18/h3-7H2,1-2H3. The Balaban J connectivity index is 3.22. The van der Waals surface area contributed by atoms with Gasteiger partial charge in [-0.05, 0) is 39.9 Å². The van der Waals surface area contributed by atoms with Gasteiger partial charge in [0, 0.05) is 0 Å². The van der Waals surface area contributed by atoms with Gasteiger partial charge in [-0.15, -0.1) is 0 Å². The second-order valence-electron chi connectivity index (χ2n) is 6.29. The van der Waals surface area contributed by atoms with Crippen molar-refractivity contribution in [3.05, 3.63) is 0 Å². The quantitative estimate of drug-likeness (QED) is 0.452. The van der Waals surface area contributed by atoms with Crippen molar-refractivity contribution in [3.8, 4) is 0 Å². The Labute approximate surface area is 136 Å². The zero-order valence-electron chi connectivity index (χ0n) is 13.1. The van der Waals surface area contributed by atoms with Crippen LogP contribution in [0.4, 0.5) is 48.3 Å². The molecule has 25 heavy (non-hydrogen) atoms. The predicted molar refractivity (Wildman–Crippen MR) is 65.6 cm³/mol. The van der Waals surface area contributed by atoms with Gasteiger partial charge in [0.15, 0.2) is 0 Å². The first-order chi connectivity index (χ1) is 10.9. The molecule has 1 nitrogen and oxygen atoms in total. The maximum atomic E-state index is 14.2. The van der Waals surface area contributed by atoms with Crippen molar-refractivity contribution in [2.24, 2.45) is 0 Å². The second kappa shape index (κ2) is 6.12. The number of nitrogens with zero attached hydrogens (tertiary/aromatic N) is 1. The van der Waals surface area contributed by atoms with Crippen LogP contribution >= 0.6 is 0 Å². The van der Waals surface area contributed by atoms with Gasteiger partial charge in [-0.3, -0.25) is 0 Å². The topological polar surface area (TPSA) is 3.24 Å². The third-order valence-corrected chi connectivity index (χ3v) is 4.20. The molecule has 0 unspecified atom stereocenters. The van der Waals surface area contributed by atoms with Gasteiger partial charge >= 0.3 is 29.6 Å². The summed E-state index contributed by atoms with van der Waals surface area (Å²) >= 11 is 0. The molecule has 0 spiro atoms. The van der Waals surface area contributed by atoms with E-state index in [1.807, 2.05) is 0 Å². The van der Waals surface area contributed by atoms with Gasteiger partial charge in [-0.2, -0.15) is 43.9 Å². The molecule has 1 rings (SSSR count). The summed E-state index contributed by atoms with van der Waals surface area (Å²) in [7, 11) is 3.17. The van der Waals surface area contributed by atoms with Gasteiger partial charge in [0.25, 0.3) is 0 Å². The van der Waals surface area contributed by atoms with E-state index in [1.54, 1.807) is 19.0 Å². The van der Waals surface area contributed by atoms with Crippen molar-refractivity contribution in [1.29, 1.82) is 0 Å². The second-order valence-corrected chi connectivity index (χ2v) is 6.29. The zero-order chi connectivity index (χ0) is 20.1. The van der Waals surface area contributed by atoms with Gasteiger partial charge in [0.2, 0.25) is 5.67 Å². The third-order valence-electron chi connectivity index (χ3n) is 4.20. The molecule has 150 valence electrons. The average molecular weight is 395 g/mol. The molecule has 0 atom stereocenters. The molecule has 0 aromatic carbocycles. The van der Waals surface area contributed by atoms with Crippen LogP contribution in [0.3, 0.4) is 0 Å². The Morgan fingerprint density at radius 1 is 0.520 bits per heavy atom. The molecule has 1 saturated carbocycles. The minimum Gasteiger partial charge on any atom is -0.309 e. The summed E-state index contributed by atoms with van der Waals surface area (Å²) in [6, 6.07) is 0. The molecule has 0 heterocycles. The van der Waals surface area contributed by atoms with E-state index < -0.39 is 48.1 Å². The zero-order valence-corrected chi connectivity index (χ0v) is 13.1. The van der Waals surface area contributed by atoms with Crippen molar-refractivity contribution in [3.63, 3.8) is 0 Å². The first kappa shape index (κ1) is 22.2. The maximum Gasteiger partial charge on any atom is 0.384 e. The van der Waals surface area contributed by atoms with Gasteiger partial charge in [-0.25, -0.2) is 4.39 Å². The van der Waals surface area contributed by atoms with Crippen molar-refractivity contribution in [1.82, 2.24) is 4.90 Å². The first-order valence-corrected chi connectivity index (χ1v) is 7.14. The highest BCUT2D eigenvalue weighted by molar-refractivity contribution is 5.26. The number of hydrogen-bond acceptors (Lipinski definition) is 1. The lowest BCUT2D eigenvalue weighted by atomic mass is 9.70. The van der Waals surface area contributed by atoms with Crippen LogP contribution in [0.1, 0.15) is 25.7 Å². The predicted octanol–water partition coefficient (Wildman–Crippen LogP) is 5.01. The van der Waals surface area contributed by atoms with E-state index in [0.29, 0.717) is 6.54 Å². The van der Waals surface area contributed by atoms with Crippen LogP contribution in [0.15, 0.2) is 0 Å². The SMILES string of the molecule is CN(C)CCCCCC1(F)C(F)(F)C(F)(F)C(F)(F)C(F)(F)C1(F)F. The summed E-state index contributed by atoms with van der Waals surface area (Å²) in [5.74, 6) is -34.5. The molecule has 12 heteroatoms. The van der Waals surface area contributed by atoms with Crippen LogP contribution in [-0.4, -0.2) is 60.8 Å². The van der Waals surface area contributed by atoms with Crippen molar-refractivity contribution in [2.45, 2.75) is 61.0 Å². The van der Waals surface area contributed by atoms with Crippen molar-refractivity contribution in [2.75, 3.05) is 20.6 Å². The van der Waals surface area contributed by atoms with Crippen LogP contribution in [0, 0.1) is 0 Å². The molecule has 1 aliphatic carbocycles. The molecular formula is C13H16F11N. The molecule has 0 aromatic heterocycles. The van der Waals surface area contributed by atoms with Crippen LogP contribution in [0.5, 0.6) is 0 Å². The molecule has 0 bridgehead atoms. The van der Waals surface area contributed by atoms with Gasteiger partial charge in [0.1, 0.15) is 0 Å². The fourth-order valence-electron chi connectivity index (χ4n) is 2.57. The highest BCUT2D eigenvalue weighted by Gasteiger charge is 3.00. The Morgan fingerprint density at radius 3 is 1.24 bits per heavy atom. The lowest BCUT2D eigenvalue weighted by molar-refractivity contribution is -0.485. The van der Waals surface area contributed by atoms with Crippen LogP contribution in [0.25, 0.3) is 0 Å². The number of halogens is 11. The monoisotopic (exact) mass is 395 g/mol. The molecule has 0 aromatic rings. The van der Waals surface area contributed by atoms with Crippen molar-refractivity contribution >= 4 is 0 Å². The van der Waals surface area contributed by atoms with Crippen LogP contribution in [0.2, 0.25) is 0 Å². The minimum absolute atomic E-state index is 0.142. The Bertz CT molecular complexity index is 456. The number of hydrogen-bond donors (Lipinski definition) is 0. The number of alkyl halides is 11. The fourth-order valence-corrected chi connectivity index (χ4v) is 2.57. The summed E-state index contributed by atoms with van der Waals surface area (Å²) in [5.41, 5.74) is -5.83. The van der Waals surface area contributed by atoms with Gasteiger partial charge in [0.05, 0.1) is 0 Å². The van der Waals surface area contributed by atoms with E-state index >= 15 is 0 Å². The first-order valence-electron chi connectivity index (χ1n) is 7.14. The number of unbranched alkanes of at least 4 members (excludes halogenated alkanes) is 2. The highest BCUT2D eigenvalue weighted by Crippen LogP contribution is 2.70. The molecule has 0 aliphatic heterocycles. The lowest BCUT2D eigenvalue weighted by Crippen LogP contribution is -2.83. The van der Waals surface area contributed by atoms with Crippen molar-refractivity contribution < 1.29 is 48.3 Å². The van der Waals surface area contributed by atoms with Crippen LogP contribution < -0.4 is 0 Å². The van der Waals surface area contributed by atoms with E-state index in [9.17, 15) is 48.3 Å². The molecule has 0 saturated heterocycles. The van der Waals surface area contributed by atoms with E-state index in [2.05, 4.69) is 0 Å². The molecule has 0 radical (unpaired) electrons. The highest BCUT2D eigenvalue weighted by atomic mass is 19.4. The largest absolute Gasteiger partial charge is 0.384 e. The Hall–Kier alpha value is -0.810. The molecule has 1 aliphatic rings.